The van der Waals surface area contributed by atoms with Crippen molar-refractivity contribution in [2.45, 2.75) is 39.2 Å². The zero-order valence-electron chi connectivity index (χ0n) is 13.7. The van der Waals surface area contributed by atoms with E-state index in [1.54, 1.807) is 13.0 Å². The molecule has 0 aromatic heterocycles. The van der Waals surface area contributed by atoms with Gasteiger partial charge in [0, 0.05) is 14.2 Å². The van der Waals surface area contributed by atoms with Gasteiger partial charge in [-0.25, -0.2) is 4.79 Å². The molecule has 0 bridgehead atoms. The molecule has 0 fully saturated rings. The molecule has 1 unspecified atom stereocenters. The number of unbranched alkanes of at least 4 members (excludes halogenated alkanes) is 1. The van der Waals surface area contributed by atoms with E-state index in [9.17, 15) is 14.2 Å². The Morgan fingerprint density at radius 3 is 2.36 bits per heavy atom. The molecule has 0 aliphatic rings. The molecule has 7 nitrogen and oxygen atoms in total. The van der Waals surface area contributed by atoms with Crippen LogP contribution < -0.4 is 5.32 Å². The van der Waals surface area contributed by atoms with Crippen LogP contribution in [-0.4, -0.2) is 45.4 Å². The van der Waals surface area contributed by atoms with Crippen LogP contribution in [0, 0.1) is 0 Å². The normalized spacial score (nSPS) is 13.5. The third kappa shape index (κ3) is 7.73. The molecule has 0 radical (unpaired) electrons. The van der Waals surface area contributed by atoms with E-state index < -0.39 is 19.6 Å². The van der Waals surface area contributed by atoms with Crippen molar-refractivity contribution < 1.29 is 27.9 Å². The standard InChI is InChI=1S/C14H26NO6P/c1-5-7-8-12(10-22(18,19-3)20-4)9-13(15-11-16)14(17)21-6-2/h9,11,13H,5-8,10H2,1-4H3,(H,15,16). The molecular formula is C14H26NO6P. The van der Waals surface area contributed by atoms with Crippen molar-refractivity contribution in [2.75, 3.05) is 27.0 Å². The molecular weight excluding hydrogens is 309 g/mol. The van der Waals surface area contributed by atoms with Crippen molar-refractivity contribution in [3.05, 3.63) is 11.6 Å². The van der Waals surface area contributed by atoms with Gasteiger partial charge in [-0.3, -0.25) is 9.36 Å². The lowest BCUT2D eigenvalue weighted by Gasteiger charge is -2.18. The largest absolute Gasteiger partial charge is 0.464 e. The first-order valence-corrected chi connectivity index (χ1v) is 8.95. The van der Waals surface area contributed by atoms with Crippen molar-refractivity contribution in [3.8, 4) is 0 Å². The Balaban J connectivity index is 5.27. The summed E-state index contributed by atoms with van der Waals surface area (Å²) in [5.41, 5.74) is 0.723. The number of ether oxygens (including phenoxy) is 1. The van der Waals surface area contributed by atoms with E-state index in [2.05, 4.69) is 5.32 Å². The van der Waals surface area contributed by atoms with E-state index in [1.807, 2.05) is 6.92 Å². The fourth-order valence-corrected chi connectivity index (χ4v) is 2.96. The summed E-state index contributed by atoms with van der Waals surface area (Å²) < 4.78 is 27.0. The highest BCUT2D eigenvalue weighted by Gasteiger charge is 2.25. The molecule has 0 aromatic rings. The highest BCUT2D eigenvalue weighted by Crippen LogP contribution is 2.48. The fraction of sp³-hybridized carbons (Fsp3) is 0.714. The highest BCUT2D eigenvalue weighted by atomic mass is 31.2. The topological polar surface area (TPSA) is 90.9 Å². The SMILES string of the molecule is CCCCC(=CC(NC=O)C(=O)OCC)CP(=O)(OC)OC. The van der Waals surface area contributed by atoms with Crippen molar-refractivity contribution in [1.29, 1.82) is 0 Å². The minimum Gasteiger partial charge on any atom is -0.464 e. The van der Waals surface area contributed by atoms with E-state index in [0.29, 0.717) is 12.8 Å². The Bertz CT molecular complexity index is 416. The molecule has 1 atom stereocenters. The number of esters is 1. The lowest BCUT2D eigenvalue weighted by molar-refractivity contribution is -0.145. The van der Waals surface area contributed by atoms with Crippen LogP contribution in [0.5, 0.6) is 0 Å². The predicted molar refractivity (Wildman–Crippen MR) is 83.7 cm³/mol. The molecule has 128 valence electrons. The quantitative estimate of drug-likeness (QED) is 0.255. The molecule has 0 aliphatic carbocycles. The summed E-state index contributed by atoms with van der Waals surface area (Å²) in [6, 6.07) is -0.911. The number of carbonyl (C=O) groups is 2. The third-order valence-electron chi connectivity index (χ3n) is 3.00. The second-order valence-corrected chi connectivity index (χ2v) is 6.85. The lowest BCUT2D eigenvalue weighted by atomic mass is 10.1. The number of carbonyl (C=O) groups excluding carboxylic acids is 2. The van der Waals surface area contributed by atoms with Gasteiger partial charge in [0.25, 0.3) is 0 Å². The monoisotopic (exact) mass is 335 g/mol. The maximum Gasteiger partial charge on any atom is 0.334 e. The molecule has 0 aromatic carbocycles. The zero-order valence-corrected chi connectivity index (χ0v) is 14.6. The van der Waals surface area contributed by atoms with Gasteiger partial charge < -0.3 is 19.1 Å². The first kappa shape index (κ1) is 20.8. The van der Waals surface area contributed by atoms with Crippen LogP contribution in [0.3, 0.4) is 0 Å². The lowest BCUT2D eigenvalue weighted by Crippen LogP contribution is -2.36. The molecule has 0 aliphatic heterocycles. The molecule has 0 rings (SSSR count). The smallest absolute Gasteiger partial charge is 0.334 e. The van der Waals surface area contributed by atoms with Gasteiger partial charge >= 0.3 is 13.6 Å². The number of hydrogen-bond acceptors (Lipinski definition) is 6. The van der Waals surface area contributed by atoms with Crippen molar-refractivity contribution >= 4 is 20.0 Å². The van der Waals surface area contributed by atoms with E-state index >= 15 is 0 Å². The second-order valence-electron chi connectivity index (χ2n) is 4.58. The zero-order chi connectivity index (χ0) is 17.0. The van der Waals surface area contributed by atoms with E-state index in [0.717, 1.165) is 18.4 Å². The van der Waals surface area contributed by atoms with Gasteiger partial charge in [-0.1, -0.05) is 25.0 Å². The van der Waals surface area contributed by atoms with E-state index in [1.165, 1.54) is 14.2 Å². The minimum absolute atomic E-state index is 0.0659. The van der Waals surface area contributed by atoms with Gasteiger partial charge in [0.15, 0.2) is 0 Å². The Hall–Kier alpha value is -1.17. The maximum atomic E-state index is 12.3. The van der Waals surface area contributed by atoms with Gasteiger partial charge in [-0.05, 0) is 19.8 Å². The van der Waals surface area contributed by atoms with E-state index in [-0.39, 0.29) is 12.8 Å². The molecule has 8 heteroatoms. The van der Waals surface area contributed by atoms with Crippen molar-refractivity contribution in [2.24, 2.45) is 0 Å². The minimum atomic E-state index is -3.23. The second kappa shape index (κ2) is 11.4. The Morgan fingerprint density at radius 1 is 1.27 bits per heavy atom. The number of allylic oxidation sites excluding steroid dienone is 1. The highest BCUT2D eigenvalue weighted by molar-refractivity contribution is 7.54. The van der Waals surface area contributed by atoms with E-state index in [4.69, 9.17) is 13.8 Å². The molecule has 0 heterocycles. The van der Waals surface area contributed by atoms with Gasteiger partial charge in [0.05, 0.1) is 12.8 Å². The van der Waals surface area contributed by atoms with Crippen LogP contribution in [0.2, 0.25) is 0 Å². The van der Waals surface area contributed by atoms with Crippen molar-refractivity contribution in [3.63, 3.8) is 0 Å². The Labute approximate surface area is 131 Å². The summed E-state index contributed by atoms with van der Waals surface area (Å²) in [6.45, 7) is 3.92. The number of rotatable bonds is 12. The molecule has 1 amide bonds. The fourth-order valence-electron chi connectivity index (χ4n) is 1.80. The predicted octanol–water partition coefficient (Wildman–Crippen LogP) is 2.27. The molecule has 1 N–H and O–H groups in total. The van der Waals surface area contributed by atoms with Crippen molar-refractivity contribution in [1.82, 2.24) is 5.32 Å². The first-order chi connectivity index (χ1) is 10.5. The number of nitrogens with one attached hydrogen (secondary N) is 1. The van der Waals surface area contributed by atoms with Gasteiger partial charge in [-0.2, -0.15) is 0 Å². The van der Waals surface area contributed by atoms with Gasteiger partial charge in [-0.15, -0.1) is 0 Å². The van der Waals surface area contributed by atoms with Crippen LogP contribution in [0.25, 0.3) is 0 Å². The van der Waals surface area contributed by atoms with Crippen LogP contribution in [0.1, 0.15) is 33.1 Å². The van der Waals surface area contributed by atoms with Crippen LogP contribution in [0.15, 0.2) is 11.6 Å². The summed E-state index contributed by atoms with van der Waals surface area (Å²) in [7, 11) is -0.607. The summed E-state index contributed by atoms with van der Waals surface area (Å²) in [5.74, 6) is -0.562. The summed E-state index contributed by atoms with van der Waals surface area (Å²) in [4.78, 5) is 22.5. The molecule has 0 saturated carbocycles. The molecule has 22 heavy (non-hydrogen) atoms. The number of amides is 1. The van der Waals surface area contributed by atoms with Crippen LogP contribution in [-0.2, 0) is 27.9 Å². The molecule has 0 spiro atoms. The van der Waals surface area contributed by atoms with Gasteiger partial charge in [0.2, 0.25) is 6.41 Å². The summed E-state index contributed by atoms with van der Waals surface area (Å²) in [5, 5.41) is 2.39. The average molecular weight is 335 g/mol. The van der Waals surface area contributed by atoms with Crippen LogP contribution in [0.4, 0.5) is 0 Å². The summed E-state index contributed by atoms with van der Waals surface area (Å²) in [6.07, 6.45) is 4.48. The first-order valence-electron chi connectivity index (χ1n) is 7.22. The maximum absolute atomic E-state index is 12.3. The number of hydrogen-bond donors (Lipinski definition) is 1. The van der Waals surface area contributed by atoms with Gasteiger partial charge in [0.1, 0.15) is 6.04 Å². The Kier molecular flexibility index (Phi) is 10.8. The third-order valence-corrected chi connectivity index (χ3v) is 4.90. The summed E-state index contributed by atoms with van der Waals surface area (Å²) >= 11 is 0. The Morgan fingerprint density at radius 2 is 1.91 bits per heavy atom. The average Bonchev–Trinajstić information content (AvgIpc) is 2.52. The van der Waals surface area contributed by atoms with Crippen LogP contribution >= 0.6 is 7.60 Å². The molecule has 0 saturated heterocycles.